The zero-order valence-corrected chi connectivity index (χ0v) is 30.6. The number of aromatic nitrogens is 4. The van der Waals surface area contributed by atoms with Crippen LogP contribution in [0.2, 0.25) is 0 Å². The van der Waals surface area contributed by atoms with Gasteiger partial charge in [0.25, 0.3) is 0 Å². The van der Waals surface area contributed by atoms with Gasteiger partial charge >= 0.3 is 22.4 Å². The zero-order valence-electron chi connectivity index (χ0n) is 24.0. The summed E-state index contributed by atoms with van der Waals surface area (Å²) in [6.45, 7) is 0. The molecular formula is C26H12N8O8S8. The van der Waals surface area contributed by atoms with E-state index in [0.717, 1.165) is 12.1 Å². The minimum absolute atomic E-state index is 0.00185. The first-order valence-electron chi connectivity index (χ1n) is 12.8. The first kappa shape index (κ1) is 37.1. The van der Waals surface area contributed by atoms with Gasteiger partial charge in [0.05, 0.1) is 60.4 Å². The highest BCUT2D eigenvalue weighted by atomic mass is 32.2. The van der Waals surface area contributed by atoms with Gasteiger partial charge in [-0.1, -0.05) is 94.1 Å². The van der Waals surface area contributed by atoms with Crippen LogP contribution in [-0.4, -0.2) is 20.2 Å². The number of nitro groups is 2. The summed E-state index contributed by atoms with van der Waals surface area (Å²) >= 11 is 14.6. The second-order valence-corrected chi connectivity index (χ2v) is 16.9. The second kappa shape index (κ2) is 17.7. The van der Waals surface area contributed by atoms with Gasteiger partial charge in [0.1, 0.15) is 0 Å². The molecule has 4 aliphatic rings. The van der Waals surface area contributed by atoms with E-state index in [1.54, 1.807) is 12.1 Å². The topological polar surface area (TPSA) is 240 Å². The lowest BCUT2D eigenvalue weighted by atomic mass is 10.2. The average molecular weight is 821 g/mol. The Morgan fingerprint density at radius 3 is 1.08 bits per heavy atom. The monoisotopic (exact) mass is 820 g/mol. The van der Waals surface area contributed by atoms with Crippen LogP contribution in [0.5, 0.6) is 0 Å². The third-order valence-electron chi connectivity index (χ3n) is 5.55. The number of benzene rings is 2. The number of thioether (sulfide) groups is 8. The van der Waals surface area contributed by atoms with E-state index in [9.17, 15) is 30.6 Å². The summed E-state index contributed by atoms with van der Waals surface area (Å²) in [5.41, 5.74) is -1.47. The minimum Gasteiger partial charge on any atom is -0.359 e. The van der Waals surface area contributed by atoms with Crippen molar-refractivity contribution in [2.45, 2.75) is 0 Å². The summed E-state index contributed by atoms with van der Waals surface area (Å²) in [6.07, 6.45) is 0. The Balaban J connectivity index is 0.000000132. The summed E-state index contributed by atoms with van der Waals surface area (Å²) in [6, 6.07) is 7.82. The van der Waals surface area contributed by atoms with Crippen molar-refractivity contribution in [3.05, 3.63) is 126 Å². The number of nitro benzene ring substituents is 2. The molecule has 6 heterocycles. The first-order valence-corrected chi connectivity index (χ1v) is 19.8. The second-order valence-electron chi connectivity index (χ2n) is 8.51. The van der Waals surface area contributed by atoms with Gasteiger partial charge in [-0.15, -0.1) is 0 Å². The van der Waals surface area contributed by atoms with Crippen LogP contribution in [0.1, 0.15) is 11.1 Å². The number of rotatable bonds is 2. The van der Waals surface area contributed by atoms with Gasteiger partial charge < -0.3 is 10.4 Å². The van der Waals surface area contributed by atoms with E-state index in [1.807, 2.05) is 94.1 Å². The van der Waals surface area contributed by atoms with E-state index in [1.165, 1.54) is 29.1 Å². The minimum atomic E-state index is -0.730. The molecule has 0 saturated carbocycles. The largest absolute Gasteiger partial charge is 0.359 e. The number of non-ortho nitro benzene ring substituents is 2. The predicted molar refractivity (Wildman–Crippen MR) is 200 cm³/mol. The van der Waals surface area contributed by atoms with Crippen LogP contribution in [-0.2, 0) is 0 Å². The summed E-state index contributed by atoms with van der Waals surface area (Å²) in [7, 11) is 0. The van der Waals surface area contributed by atoms with Crippen LogP contribution >= 0.6 is 94.1 Å². The van der Waals surface area contributed by atoms with Crippen LogP contribution < -0.4 is 9.81 Å². The summed E-state index contributed by atoms with van der Waals surface area (Å²) in [5.74, 6) is 0. The van der Waals surface area contributed by atoms with Crippen molar-refractivity contribution >= 4 is 128 Å². The normalized spacial score (nSPS) is 15.3. The molecule has 0 amide bonds. The molecule has 16 nitrogen and oxygen atoms in total. The molecule has 2 aromatic heterocycles. The third kappa shape index (κ3) is 9.15. The van der Waals surface area contributed by atoms with Gasteiger partial charge in [-0.2, -0.15) is 10.5 Å². The molecule has 0 N–H and O–H groups in total. The quantitative estimate of drug-likeness (QED) is 0.104. The predicted octanol–water partition coefficient (Wildman–Crippen LogP) is 8.51. The highest BCUT2D eigenvalue weighted by Crippen LogP contribution is 2.51. The van der Waals surface area contributed by atoms with Crippen LogP contribution in [0.25, 0.3) is 22.1 Å². The molecule has 0 saturated heterocycles. The highest BCUT2D eigenvalue weighted by molar-refractivity contribution is 8.34. The van der Waals surface area contributed by atoms with E-state index in [-0.39, 0.29) is 43.0 Å². The van der Waals surface area contributed by atoms with Crippen molar-refractivity contribution in [2.75, 3.05) is 0 Å². The first-order chi connectivity index (χ1) is 24.2. The molecule has 0 spiro atoms. The van der Waals surface area contributed by atoms with Gasteiger partial charge in [0.2, 0.25) is 11.0 Å². The SMILES string of the molecule is C1=CSC(=C2SC=CS2)S1.C1=CSC(=C2SC=CS2)S1.N#Cc1cc([N+](=O)[O-])c2no[n+]([O-])c2c1.N#Cc1cc([N+](=O)[O-])c2no[n+]([O-])c2c1. The van der Waals surface area contributed by atoms with E-state index in [0.29, 0.717) is 0 Å². The van der Waals surface area contributed by atoms with Crippen molar-refractivity contribution < 1.29 is 28.9 Å². The molecule has 2 aromatic carbocycles. The lowest BCUT2D eigenvalue weighted by Gasteiger charge is -1.97. The van der Waals surface area contributed by atoms with Crippen LogP contribution in [0, 0.1) is 53.3 Å². The molecule has 8 rings (SSSR count). The molecule has 0 aliphatic carbocycles. The van der Waals surface area contributed by atoms with Gasteiger partial charge in [0, 0.05) is 24.3 Å². The number of nitrogens with zero attached hydrogens (tertiary/aromatic N) is 8. The molecule has 4 aromatic rings. The Hall–Kier alpha value is -4.14. The molecular weight excluding hydrogens is 809 g/mol. The van der Waals surface area contributed by atoms with E-state index >= 15 is 0 Å². The average Bonchev–Trinajstić information content (AvgIpc) is 3.97. The number of hydrogen-bond donors (Lipinski definition) is 0. The van der Waals surface area contributed by atoms with Gasteiger partial charge in [-0.05, 0) is 53.1 Å². The Kier molecular flexibility index (Phi) is 13.1. The fourth-order valence-electron chi connectivity index (χ4n) is 3.54. The lowest BCUT2D eigenvalue weighted by molar-refractivity contribution is -0.782. The lowest BCUT2D eigenvalue weighted by Crippen LogP contribution is -2.22. The Morgan fingerprint density at radius 2 is 0.840 bits per heavy atom. The maximum Gasteiger partial charge on any atom is 0.328 e. The van der Waals surface area contributed by atoms with Crippen molar-refractivity contribution in [3.8, 4) is 12.1 Å². The number of fused-ring (bicyclic) bond motifs is 2. The maximum absolute atomic E-state index is 11.0. The van der Waals surface area contributed by atoms with E-state index < -0.39 is 21.2 Å². The standard InChI is InChI=1S/2C7H2N4O4.2C6H4S4/c2*8-3-4-1-5(10(12)13)7-6(2-4)11(14)15-9-7;2*1-2-8-5(7-1)6-9-3-4-10-6/h2*1-2H;2*1-4H. The molecule has 252 valence electrons. The molecule has 50 heavy (non-hydrogen) atoms. The van der Waals surface area contributed by atoms with E-state index in [2.05, 4.69) is 62.8 Å². The van der Waals surface area contributed by atoms with Crippen LogP contribution in [0.4, 0.5) is 11.4 Å². The molecule has 0 unspecified atom stereocenters. The molecule has 24 heteroatoms. The fourth-order valence-corrected chi connectivity index (χ4v) is 11.6. The van der Waals surface area contributed by atoms with Crippen molar-refractivity contribution in [2.24, 2.45) is 0 Å². The van der Waals surface area contributed by atoms with E-state index in [4.69, 9.17) is 10.5 Å². The molecule has 4 aliphatic heterocycles. The smallest absolute Gasteiger partial charge is 0.328 e. The molecule has 0 fully saturated rings. The Labute approximate surface area is 313 Å². The number of nitriles is 2. The van der Waals surface area contributed by atoms with Crippen LogP contribution in [0.3, 0.4) is 0 Å². The summed E-state index contributed by atoms with van der Waals surface area (Å²) in [5, 5.41) is 83.9. The van der Waals surface area contributed by atoms with Crippen molar-refractivity contribution in [1.82, 2.24) is 10.3 Å². The maximum atomic E-state index is 11.0. The number of hydrogen-bond acceptors (Lipinski definition) is 20. The fraction of sp³-hybridized carbons (Fsp3) is 0. The van der Waals surface area contributed by atoms with Crippen molar-refractivity contribution in [1.29, 1.82) is 10.5 Å². The highest BCUT2D eigenvalue weighted by Gasteiger charge is 2.25. The summed E-state index contributed by atoms with van der Waals surface area (Å²) < 4.78 is 14.1. The van der Waals surface area contributed by atoms with Gasteiger partial charge in [-0.25, -0.2) is 0 Å². The molecule has 0 bridgehead atoms. The van der Waals surface area contributed by atoms with Gasteiger partial charge in [-0.3, -0.25) is 29.5 Å². The molecule has 0 radical (unpaired) electrons. The van der Waals surface area contributed by atoms with Crippen LogP contribution in [0.15, 0.2) is 93.7 Å². The third-order valence-corrected chi connectivity index (χ3v) is 15.1. The van der Waals surface area contributed by atoms with Crippen molar-refractivity contribution in [3.63, 3.8) is 0 Å². The summed E-state index contributed by atoms with van der Waals surface area (Å²) in [4.78, 5) is 19.8. The Morgan fingerprint density at radius 1 is 0.560 bits per heavy atom. The molecule has 0 atom stereocenters. The Bertz CT molecular complexity index is 2020. The zero-order chi connectivity index (χ0) is 35.6. The van der Waals surface area contributed by atoms with Gasteiger partial charge in [0.15, 0.2) is 0 Å².